The Morgan fingerprint density at radius 2 is 2.35 bits per heavy atom. The zero-order valence-electron chi connectivity index (χ0n) is 10.2. The third kappa shape index (κ3) is 3.20. The lowest BCUT2D eigenvalue weighted by atomic mass is 10.2. The van der Waals surface area contributed by atoms with Crippen LogP contribution in [-0.2, 0) is 0 Å². The van der Waals surface area contributed by atoms with E-state index < -0.39 is 0 Å². The molecule has 3 N–H and O–H groups in total. The van der Waals surface area contributed by atoms with Crippen LogP contribution >= 0.6 is 11.3 Å². The second kappa shape index (κ2) is 6.02. The monoisotopic (exact) mass is 252 g/mol. The molecule has 4 nitrogen and oxygen atoms in total. The number of thiophene rings is 1. The molecule has 5 heteroatoms. The number of hydrogen-bond donors (Lipinski definition) is 2. The lowest BCUT2D eigenvalue weighted by molar-refractivity contribution is 0.249. The first-order valence-electron chi connectivity index (χ1n) is 6.05. The van der Waals surface area contributed by atoms with Crippen LogP contribution in [0.25, 0.3) is 0 Å². The molecule has 1 aliphatic heterocycles. The average molecular weight is 252 g/mol. The van der Waals surface area contributed by atoms with Crippen molar-refractivity contribution in [1.29, 1.82) is 0 Å². The summed E-state index contributed by atoms with van der Waals surface area (Å²) >= 11 is 1.81. The number of hydrogen-bond acceptors (Lipinski definition) is 3. The van der Waals surface area contributed by atoms with Gasteiger partial charge in [0.15, 0.2) is 5.96 Å². The van der Waals surface area contributed by atoms with E-state index in [2.05, 4.69) is 32.7 Å². The standard InChI is InChI=1S/C12H20N4S/c1-14-12(13)15-9-10(11-5-4-8-17-11)16-6-2-3-7-16/h4-5,8,10H,2-3,6-7,9H2,1H3,(H3,13,14,15). The van der Waals surface area contributed by atoms with E-state index in [9.17, 15) is 0 Å². The van der Waals surface area contributed by atoms with Gasteiger partial charge in [0.05, 0.1) is 6.04 Å². The first kappa shape index (κ1) is 12.4. The molecule has 1 fully saturated rings. The van der Waals surface area contributed by atoms with E-state index in [0.717, 1.165) is 6.54 Å². The van der Waals surface area contributed by atoms with Gasteiger partial charge in [0.25, 0.3) is 0 Å². The van der Waals surface area contributed by atoms with Crippen molar-refractivity contribution >= 4 is 17.3 Å². The molecule has 1 saturated heterocycles. The van der Waals surface area contributed by atoms with E-state index >= 15 is 0 Å². The summed E-state index contributed by atoms with van der Waals surface area (Å²) in [7, 11) is 1.71. The number of likely N-dealkylation sites (tertiary alicyclic amines) is 1. The van der Waals surface area contributed by atoms with Crippen LogP contribution in [0.1, 0.15) is 23.8 Å². The van der Waals surface area contributed by atoms with Crippen LogP contribution in [0.3, 0.4) is 0 Å². The van der Waals surface area contributed by atoms with Crippen molar-refractivity contribution in [2.24, 2.45) is 10.7 Å². The minimum atomic E-state index is 0.429. The molecular formula is C12H20N4S. The Labute approximate surface area is 107 Å². The molecule has 0 radical (unpaired) electrons. The lowest BCUT2D eigenvalue weighted by Crippen LogP contribution is -2.39. The highest BCUT2D eigenvalue weighted by Crippen LogP contribution is 2.27. The minimum absolute atomic E-state index is 0.429. The van der Waals surface area contributed by atoms with Crippen molar-refractivity contribution in [3.8, 4) is 0 Å². The van der Waals surface area contributed by atoms with Gasteiger partial charge < -0.3 is 11.1 Å². The van der Waals surface area contributed by atoms with Crippen molar-refractivity contribution < 1.29 is 0 Å². The van der Waals surface area contributed by atoms with Gasteiger partial charge in [-0.15, -0.1) is 11.3 Å². The lowest BCUT2D eigenvalue weighted by Gasteiger charge is -2.27. The van der Waals surface area contributed by atoms with E-state index in [1.165, 1.54) is 30.8 Å². The van der Waals surface area contributed by atoms with Crippen molar-refractivity contribution in [1.82, 2.24) is 10.2 Å². The third-order valence-electron chi connectivity index (χ3n) is 3.17. The summed E-state index contributed by atoms with van der Waals surface area (Å²) < 4.78 is 0. The summed E-state index contributed by atoms with van der Waals surface area (Å²) in [5.41, 5.74) is 5.70. The Morgan fingerprint density at radius 1 is 1.59 bits per heavy atom. The van der Waals surface area contributed by atoms with E-state index in [-0.39, 0.29) is 0 Å². The fourth-order valence-electron chi connectivity index (χ4n) is 2.22. The fraction of sp³-hybridized carbons (Fsp3) is 0.583. The molecule has 17 heavy (non-hydrogen) atoms. The highest BCUT2D eigenvalue weighted by Gasteiger charge is 2.23. The van der Waals surface area contributed by atoms with Crippen LogP contribution in [0.5, 0.6) is 0 Å². The second-order valence-corrected chi connectivity index (χ2v) is 5.24. The minimum Gasteiger partial charge on any atom is -0.370 e. The van der Waals surface area contributed by atoms with Gasteiger partial charge in [-0.3, -0.25) is 9.89 Å². The number of aliphatic imine (C=N–C) groups is 1. The van der Waals surface area contributed by atoms with Crippen LogP contribution in [0.15, 0.2) is 22.5 Å². The van der Waals surface area contributed by atoms with Gasteiger partial charge in [-0.1, -0.05) is 6.07 Å². The van der Waals surface area contributed by atoms with E-state index in [0.29, 0.717) is 12.0 Å². The topological polar surface area (TPSA) is 53.6 Å². The predicted molar refractivity (Wildman–Crippen MR) is 73.4 cm³/mol. The average Bonchev–Trinajstić information content (AvgIpc) is 3.01. The molecule has 0 amide bonds. The molecule has 0 spiro atoms. The van der Waals surface area contributed by atoms with Crippen molar-refractivity contribution in [2.45, 2.75) is 18.9 Å². The van der Waals surface area contributed by atoms with Gasteiger partial charge in [0.2, 0.25) is 0 Å². The van der Waals surface area contributed by atoms with Crippen molar-refractivity contribution in [3.63, 3.8) is 0 Å². The molecule has 1 unspecified atom stereocenters. The zero-order chi connectivity index (χ0) is 12.1. The smallest absolute Gasteiger partial charge is 0.188 e. The molecule has 1 aromatic heterocycles. The van der Waals surface area contributed by atoms with Crippen LogP contribution in [0, 0.1) is 0 Å². The molecular weight excluding hydrogens is 232 g/mol. The first-order chi connectivity index (χ1) is 8.31. The zero-order valence-corrected chi connectivity index (χ0v) is 11.0. The van der Waals surface area contributed by atoms with E-state index in [1.807, 2.05) is 11.3 Å². The second-order valence-electron chi connectivity index (χ2n) is 4.26. The third-order valence-corrected chi connectivity index (χ3v) is 4.14. The molecule has 94 valence electrons. The normalized spacial score (nSPS) is 19.5. The molecule has 2 rings (SSSR count). The van der Waals surface area contributed by atoms with Gasteiger partial charge in [-0.05, 0) is 37.4 Å². The van der Waals surface area contributed by atoms with Crippen molar-refractivity contribution in [2.75, 3.05) is 26.7 Å². The Hall–Kier alpha value is -1.07. The maximum Gasteiger partial charge on any atom is 0.188 e. The fourth-order valence-corrected chi connectivity index (χ4v) is 3.08. The molecule has 1 aromatic rings. The number of rotatable bonds is 4. The largest absolute Gasteiger partial charge is 0.370 e. The molecule has 2 heterocycles. The quantitative estimate of drug-likeness (QED) is 0.629. The molecule has 0 bridgehead atoms. The maximum atomic E-state index is 5.70. The summed E-state index contributed by atoms with van der Waals surface area (Å²) in [4.78, 5) is 7.87. The molecule has 0 saturated carbocycles. The highest BCUT2D eigenvalue weighted by atomic mass is 32.1. The Morgan fingerprint density at radius 3 is 2.94 bits per heavy atom. The number of guanidine groups is 1. The van der Waals surface area contributed by atoms with Gasteiger partial charge >= 0.3 is 0 Å². The van der Waals surface area contributed by atoms with E-state index in [1.54, 1.807) is 7.05 Å². The Bertz CT molecular complexity index is 355. The predicted octanol–water partition coefficient (Wildman–Crippen LogP) is 1.42. The summed E-state index contributed by atoms with van der Waals surface area (Å²) in [6.07, 6.45) is 2.61. The Balaban J connectivity index is 2.02. The highest BCUT2D eigenvalue weighted by molar-refractivity contribution is 7.10. The first-order valence-corrected chi connectivity index (χ1v) is 6.93. The van der Waals surface area contributed by atoms with Crippen LogP contribution < -0.4 is 11.1 Å². The number of nitrogens with two attached hydrogens (primary N) is 1. The SMILES string of the molecule is CN=C(N)NCC(c1cccs1)N1CCCC1. The van der Waals surface area contributed by atoms with Gasteiger partial charge in [-0.2, -0.15) is 0 Å². The van der Waals surface area contributed by atoms with Crippen LogP contribution in [0.2, 0.25) is 0 Å². The van der Waals surface area contributed by atoms with Gasteiger partial charge in [-0.25, -0.2) is 0 Å². The molecule has 1 atom stereocenters. The van der Waals surface area contributed by atoms with Crippen LogP contribution in [0.4, 0.5) is 0 Å². The maximum absolute atomic E-state index is 5.70. The van der Waals surface area contributed by atoms with E-state index in [4.69, 9.17) is 5.73 Å². The summed E-state index contributed by atoms with van der Waals surface area (Å²) in [5.74, 6) is 0.519. The summed E-state index contributed by atoms with van der Waals surface area (Å²) in [6, 6.07) is 4.74. The number of nitrogens with one attached hydrogen (secondary N) is 1. The molecule has 0 aromatic carbocycles. The van der Waals surface area contributed by atoms with Gasteiger partial charge in [0, 0.05) is 18.5 Å². The van der Waals surface area contributed by atoms with Crippen LogP contribution in [-0.4, -0.2) is 37.5 Å². The van der Waals surface area contributed by atoms with Crippen molar-refractivity contribution in [3.05, 3.63) is 22.4 Å². The summed E-state index contributed by atoms with van der Waals surface area (Å²) in [6.45, 7) is 3.21. The summed E-state index contributed by atoms with van der Waals surface area (Å²) in [5, 5.41) is 5.32. The van der Waals surface area contributed by atoms with Gasteiger partial charge in [0.1, 0.15) is 0 Å². The molecule has 0 aliphatic carbocycles. The Kier molecular flexibility index (Phi) is 4.39. The molecule has 1 aliphatic rings. The number of nitrogens with zero attached hydrogens (tertiary/aromatic N) is 2.